The smallest absolute Gasteiger partial charge is 0.313 e. The number of sulfonamides is 1. The van der Waals surface area contributed by atoms with E-state index in [0.717, 1.165) is 32.1 Å². The van der Waals surface area contributed by atoms with Crippen molar-refractivity contribution in [3.05, 3.63) is 44.4 Å². The number of nitrogens with zero attached hydrogens (tertiary/aromatic N) is 2. The zero-order valence-corrected chi connectivity index (χ0v) is 20.8. The summed E-state index contributed by atoms with van der Waals surface area (Å²) < 4.78 is 52.7. The number of hydrogen-bond acceptors (Lipinski definition) is 9. The van der Waals surface area contributed by atoms with Crippen molar-refractivity contribution in [2.75, 3.05) is 25.9 Å². The van der Waals surface area contributed by atoms with Gasteiger partial charge in [0, 0.05) is 39.9 Å². The molecular formula is C17H18Cl3N3O8S2. The van der Waals surface area contributed by atoms with E-state index in [2.05, 4.69) is 4.74 Å². The fourth-order valence-corrected chi connectivity index (χ4v) is 6.18. The highest BCUT2D eigenvalue weighted by atomic mass is 35.7. The summed E-state index contributed by atoms with van der Waals surface area (Å²) in [7, 11) is -1.66. The predicted molar refractivity (Wildman–Crippen MR) is 123 cm³/mol. The van der Waals surface area contributed by atoms with Crippen molar-refractivity contribution in [1.29, 1.82) is 0 Å². The topological polar surface area (TPSA) is 170 Å². The van der Waals surface area contributed by atoms with Gasteiger partial charge in [-0.15, -0.1) is 0 Å². The molecule has 0 amide bonds. The molecule has 0 atom stereocenters. The lowest BCUT2D eigenvalue weighted by atomic mass is 10.3. The summed E-state index contributed by atoms with van der Waals surface area (Å²) >= 11 is 11.3. The number of nitro groups is 1. The molecular weight excluding hydrogens is 545 g/mol. The molecule has 1 heterocycles. The number of hydrogen-bond donors (Lipinski definition) is 2. The summed E-state index contributed by atoms with van der Waals surface area (Å²) in [6.07, 6.45) is 1.66. The SMILES string of the molecule is COc1c([N+](=O)[O-])cc(Cl)cc1S(=O)(=O)Cl.Nc1cc(Cl)cc(S(=O)(=O)N2CCCC2)c1O. The lowest BCUT2D eigenvalue weighted by Gasteiger charge is -2.17. The molecule has 0 spiro atoms. The number of rotatable bonds is 5. The van der Waals surface area contributed by atoms with Crippen LogP contribution < -0.4 is 10.5 Å². The highest BCUT2D eigenvalue weighted by molar-refractivity contribution is 8.13. The van der Waals surface area contributed by atoms with Crippen LogP contribution in [0.1, 0.15) is 12.8 Å². The van der Waals surface area contributed by atoms with Crippen molar-refractivity contribution in [3.63, 3.8) is 0 Å². The van der Waals surface area contributed by atoms with Gasteiger partial charge in [0.05, 0.1) is 17.7 Å². The quantitative estimate of drug-likeness (QED) is 0.182. The van der Waals surface area contributed by atoms with E-state index in [1.165, 1.54) is 16.4 Å². The maximum atomic E-state index is 12.2. The minimum absolute atomic E-state index is 0.0322. The minimum Gasteiger partial charge on any atom is -0.504 e. The van der Waals surface area contributed by atoms with Crippen molar-refractivity contribution in [2.45, 2.75) is 22.6 Å². The Morgan fingerprint density at radius 3 is 2.06 bits per heavy atom. The fraction of sp³-hybridized carbons (Fsp3) is 0.294. The molecule has 1 fully saturated rings. The maximum Gasteiger partial charge on any atom is 0.313 e. The van der Waals surface area contributed by atoms with E-state index in [0.29, 0.717) is 13.1 Å². The van der Waals surface area contributed by atoms with Crippen LogP contribution in [0.3, 0.4) is 0 Å². The van der Waals surface area contributed by atoms with Gasteiger partial charge in [-0.3, -0.25) is 10.1 Å². The summed E-state index contributed by atoms with van der Waals surface area (Å²) in [6.45, 7) is 0.933. The molecule has 16 heteroatoms. The zero-order chi connectivity index (χ0) is 25.1. The maximum absolute atomic E-state index is 12.2. The molecule has 2 aromatic carbocycles. The highest BCUT2D eigenvalue weighted by Crippen LogP contribution is 2.38. The normalized spacial score (nSPS) is 14.4. The molecule has 1 aliphatic heterocycles. The molecule has 3 N–H and O–H groups in total. The molecule has 33 heavy (non-hydrogen) atoms. The Bertz CT molecular complexity index is 1280. The Morgan fingerprint density at radius 1 is 1.06 bits per heavy atom. The second kappa shape index (κ2) is 10.5. The summed E-state index contributed by atoms with van der Waals surface area (Å²) in [5, 5.41) is 20.4. The van der Waals surface area contributed by atoms with Crippen LogP contribution in [0, 0.1) is 10.1 Å². The Hall–Kier alpha value is -2.03. The van der Waals surface area contributed by atoms with E-state index in [1.54, 1.807) is 0 Å². The van der Waals surface area contributed by atoms with Gasteiger partial charge in [-0.05, 0) is 31.0 Å². The summed E-state index contributed by atoms with van der Waals surface area (Å²) in [6, 6.07) is 4.50. The number of nitrogens with two attached hydrogens (primary N) is 1. The lowest BCUT2D eigenvalue weighted by molar-refractivity contribution is -0.386. The first-order valence-corrected chi connectivity index (χ1v) is 13.5. The van der Waals surface area contributed by atoms with Gasteiger partial charge in [0.25, 0.3) is 9.05 Å². The first-order chi connectivity index (χ1) is 15.2. The molecule has 0 radical (unpaired) electrons. The van der Waals surface area contributed by atoms with Gasteiger partial charge < -0.3 is 15.6 Å². The molecule has 0 aromatic heterocycles. The number of ether oxygens (including phenoxy) is 1. The molecule has 2 aromatic rings. The lowest BCUT2D eigenvalue weighted by Crippen LogP contribution is -2.28. The Kier molecular flexibility index (Phi) is 8.65. The van der Waals surface area contributed by atoms with Crippen LogP contribution in [0.4, 0.5) is 11.4 Å². The Balaban J connectivity index is 0.000000234. The molecule has 0 unspecified atom stereocenters. The average Bonchev–Trinajstić information content (AvgIpc) is 3.25. The minimum atomic E-state index is -4.17. The van der Waals surface area contributed by atoms with Crippen molar-refractivity contribution in [1.82, 2.24) is 4.31 Å². The molecule has 0 saturated carbocycles. The van der Waals surface area contributed by atoms with Crippen LogP contribution in [-0.4, -0.2) is 51.4 Å². The molecule has 3 rings (SSSR count). The third-order valence-electron chi connectivity index (χ3n) is 4.42. The third-order valence-corrected chi connectivity index (χ3v) is 8.09. The molecule has 11 nitrogen and oxygen atoms in total. The molecule has 1 saturated heterocycles. The summed E-state index contributed by atoms with van der Waals surface area (Å²) in [5.74, 6) is -0.870. The number of phenolic OH excluding ortho intramolecular Hbond substituents is 1. The van der Waals surface area contributed by atoms with Crippen molar-refractivity contribution in [2.24, 2.45) is 0 Å². The number of nitro benzene ring substituents is 1. The number of nitrogen functional groups attached to an aromatic ring is 1. The average molecular weight is 563 g/mol. The van der Waals surface area contributed by atoms with Gasteiger partial charge in [-0.2, -0.15) is 4.31 Å². The second-order valence-corrected chi connectivity index (χ2v) is 11.9. The standard InChI is InChI=1S/C10H13ClN2O3S.C7H5Cl2NO5S/c11-7-5-8(12)10(14)9(6-7)17(15,16)13-3-1-2-4-13;1-15-7-5(10(11)12)2-4(8)3-6(7)16(9,13)14/h5-6,14H,1-4,12H2;2-3H,1H3. The van der Waals surface area contributed by atoms with Crippen LogP contribution in [0.5, 0.6) is 11.5 Å². The molecule has 0 bridgehead atoms. The number of methoxy groups -OCH3 is 1. The van der Waals surface area contributed by atoms with E-state index in [4.69, 9.17) is 39.6 Å². The fourth-order valence-electron chi connectivity index (χ4n) is 2.94. The molecule has 1 aliphatic rings. The zero-order valence-electron chi connectivity index (χ0n) is 16.9. The monoisotopic (exact) mass is 561 g/mol. The van der Waals surface area contributed by atoms with Crippen LogP contribution >= 0.6 is 33.9 Å². The van der Waals surface area contributed by atoms with Crippen molar-refractivity contribution < 1.29 is 31.6 Å². The Morgan fingerprint density at radius 2 is 1.58 bits per heavy atom. The predicted octanol–water partition coefficient (Wildman–Crippen LogP) is 3.60. The van der Waals surface area contributed by atoms with Gasteiger partial charge >= 0.3 is 5.69 Å². The van der Waals surface area contributed by atoms with Gasteiger partial charge in [-0.25, -0.2) is 16.8 Å². The van der Waals surface area contributed by atoms with Gasteiger partial charge in [0.15, 0.2) is 5.75 Å². The molecule has 0 aliphatic carbocycles. The van der Waals surface area contributed by atoms with Gasteiger partial charge in [0.2, 0.25) is 15.8 Å². The first-order valence-electron chi connectivity index (χ1n) is 8.95. The van der Waals surface area contributed by atoms with E-state index in [-0.39, 0.29) is 20.6 Å². The van der Waals surface area contributed by atoms with E-state index >= 15 is 0 Å². The second-order valence-electron chi connectivity index (χ2n) is 6.60. The number of phenols is 1. The highest BCUT2D eigenvalue weighted by Gasteiger charge is 2.30. The number of aromatic hydroxyl groups is 1. The number of halogens is 3. The Labute approximate surface area is 204 Å². The van der Waals surface area contributed by atoms with Crippen molar-refractivity contribution >= 4 is 64.3 Å². The van der Waals surface area contributed by atoms with Crippen LogP contribution in [-0.2, 0) is 19.1 Å². The van der Waals surface area contributed by atoms with E-state index < -0.39 is 46.1 Å². The van der Waals surface area contributed by atoms with Crippen LogP contribution in [0.25, 0.3) is 0 Å². The van der Waals surface area contributed by atoms with Gasteiger partial charge in [-0.1, -0.05) is 23.2 Å². The number of anilines is 1. The first kappa shape index (κ1) is 27.2. The molecule has 182 valence electrons. The third kappa shape index (κ3) is 6.31. The summed E-state index contributed by atoms with van der Waals surface area (Å²) in [4.78, 5) is 9.08. The van der Waals surface area contributed by atoms with Crippen LogP contribution in [0.2, 0.25) is 10.0 Å². The van der Waals surface area contributed by atoms with E-state index in [1.807, 2.05) is 0 Å². The number of benzene rings is 2. The summed E-state index contributed by atoms with van der Waals surface area (Å²) in [5.41, 5.74) is 4.91. The van der Waals surface area contributed by atoms with E-state index in [9.17, 15) is 32.1 Å². The van der Waals surface area contributed by atoms with Crippen molar-refractivity contribution in [3.8, 4) is 11.5 Å². The van der Waals surface area contributed by atoms with Gasteiger partial charge in [0.1, 0.15) is 9.79 Å². The van der Waals surface area contributed by atoms with Crippen LogP contribution in [0.15, 0.2) is 34.1 Å². The largest absolute Gasteiger partial charge is 0.504 e.